The molecule has 0 rings (SSSR count). The molecule has 0 aliphatic heterocycles. The Balaban J connectivity index is 4.28. The Kier molecular flexibility index (Phi) is 8.22. The summed E-state index contributed by atoms with van der Waals surface area (Å²) in [5.41, 5.74) is -0.884. The minimum atomic E-state index is -0.884. The summed E-state index contributed by atoms with van der Waals surface area (Å²) in [5.74, 6) is -0.867. The van der Waals surface area contributed by atoms with Crippen LogP contribution in [-0.2, 0) is 9.53 Å². The third kappa shape index (κ3) is 5.77. The van der Waals surface area contributed by atoms with Gasteiger partial charge in [-0.25, -0.2) is 4.79 Å². The molecule has 0 aromatic rings. The number of carbonyl (C=O) groups excluding carboxylic acids is 1. The average molecular weight is 288 g/mol. The predicted molar refractivity (Wildman–Crippen MR) is 77.8 cm³/mol. The van der Waals surface area contributed by atoms with Crippen LogP contribution in [0.3, 0.4) is 0 Å². The Morgan fingerprint density at radius 2 is 1.85 bits per heavy atom. The molecule has 0 atom stereocenters. The van der Waals surface area contributed by atoms with Gasteiger partial charge in [0.2, 0.25) is 0 Å². The number of hydrogen-bond acceptors (Lipinski definition) is 3. The third-order valence-electron chi connectivity index (χ3n) is 3.61. The molecule has 6 heteroatoms. The number of urea groups is 1. The van der Waals surface area contributed by atoms with E-state index >= 15 is 0 Å². The number of rotatable bonds is 9. The van der Waals surface area contributed by atoms with Gasteiger partial charge >= 0.3 is 12.0 Å². The Bertz CT molecular complexity index is 314. The van der Waals surface area contributed by atoms with Crippen molar-refractivity contribution in [2.24, 2.45) is 5.41 Å². The van der Waals surface area contributed by atoms with Crippen LogP contribution in [-0.4, -0.2) is 54.9 Å². The Hall–Kier alpha value is -1.30. The molecule has 0 unspecified atom stereocenters. The second-order valence-electron chi connectivity index (χ2n) is 5.29. The fourth-order valence-corrected chi connectivity index (χ4v) is 1.78. The van der Waals surface area contributed by atoms with Gasteiger partial charge in [-0.05, 0) is 26.7 Å². The lowest BCUT2D eigenvalue weighted by Gasteiger charge is -2.28. The highest BCUT2D eigenvalue weighted by Crippen LogP contribution is 2.25. The van der Waals surface area contributed by atoms with Crippen molar-refractivity contribution in [2.75, 3.05) is 26.7 Å². The average Bonchev–Trinajstić information content (AvgIpc) is 2.39. The van der Waals surface area contributed by atoms with Crippen molar-refractivity contribution in [2.45, 2.75) is 46.6 Å². The summed E-state index contributed by atoms with van der Waals surface area (Å²) in [5, 5.41) is 12.0. The zero-order chi connectivity index (χ0) is 15.8. The van der Waals surface area contributed by atoms with Gasteiger partial charge in [-0.2, -0.15) is 0 Å². The number of amides is 2. The van der Waals surface area contributed by atoms with Crippen LogP contribution in [0.25, 0.3) is 0 Å². The zero-order valence-corrected chi connectivity index (χ0v) is 13.2. The van der Waals surface area contributed by atoms with Crippen molar-refractivity contribution < 1.29 is 19.4 Å². The molecule has 0 aliphatic carbocycles. The highest BCUT2D eigenvalue weighted by atomic mass is 16.5. The first-order valence-electron chi connectivity index (χ1n) is 7.13. The van der Waals surface area contributed by atoms with Gasteiger partial charge in [-0.1, -0.05) is 13.8 Å². The van der Waals surface area contributed by atoms with E-state index in [1.807, 2.05) is 27.7 Å². The third-order valence-corrected chi connectivity index (χ3v) is 3.61. The minimum Gasteiger partial charge on any atom is -0.481 e. The number of likely N-dealkylation sites (N-methyl/N-ethyl adjacent to an activating group) is 1. The van der Waals surface area contributed by atoms with Crippen molar-refractivity contribution in [3.63, 3.8) is 0 Å². The summed E-state index contributed by atoms with van der Waals surface area (Å²) < 4.78 is 5.37. The van der Waals surface area contributed by atoms with Gasteiger partial charge in [0.1, 0.15) is 0 Å². The van der Waals surface area contributed by atoms with Crippen LogP contribution in [0.5, 0.6) is 0 Å². The smallest absolute Gasteiger partial charge is 0.317 e. The van der Waals surface area contributed by atoms with E-state index in [2.05, 4.69) is 5.32 Å². The molecule has 2 N–H and O–H groups in total. The van der Waals surface area contributed by atoms with E-state index < -0.39 is 11.4 Å². The van der Waals surface area contributed by atoms with Crippen LogP contribution in [0.1, 0.15) is 40.5 Å². The summed E-state index contributed by atoms with van der Waals surface area (Å²) in [6.45, 7) is 8.60. The monoisotopic (exact) mass is 288 g/mol. The summed E-state index contributed by atoms with van der Waals surface area (Å²) in [6.07, 6.45) is 1.10. The number of aliphatic carboxylic acids is 1. The van der Waals surface area contributed by atoms with E-state index in [1.54, 1.807) is 7.05 Å². The lowest BCUT2D eigenvalue weighted by molar-refractivity contribution is -0.149. The fourth-order valence-electron chi connectivity index (χ4n) is 1.78. The number of carboxylic acid groups (broad SMARTS) is 1. The van der Waals surface area contributed by atoms with Crippen molar-refractivity contribution in [1.82, 2.24) is 10.2 Å². The zero-order valence-electron chi connectivity index (χ0n) is 13.2. The summed E-state index contributed by atoms with van der Waals surface area (Å²) in [4.78, 5) is 24.7. The lowest BCUT2D eigenvalue weighted by atomic mass is 9.82. The van der Waals surface area contributed by atoms with Crippen LogP contribution in [0.15, 0.2) is 0 Å². The molecule has 0 aromatic carbocycles. The number of carbonyl (C=O) groups is 2. The molecule has 0 fully saturated rings. The second-order valence-corrected chi connectivity index (χ2v) is 5.29. The fraction of sp³-hybridized carbons (Fsp3) is 0.857. The van der Waals surface area contributed by atoms with Crippen molar-refractivity contribution >= 4 is 12.0 Å². The highest BCUT2D eigenvalue weighted by Gasteiger charge is 2.35. The maximum absolute atomic E-state index is 11.9. The van der Waals surface area contributed by atoms with Gasteiger partial charge in [-0.15, -0.1) is 0 Å². The molecule has 118 valence electrons. The second kappa shape index (κ2) is 8.79. The van der Waals surface area contributed by atoms with Crippen LogP contribution < -0.4 is 5.32 Å². The van der Waals surface area contributed by atoms with Crippen LogP contribution in [0.2, 0.25) is 0 Å². The topological polar surface area (TPSA) is 78.9 Å². The van der Waals surface area contributed by atoms with E-state index in [-0.39, 0.29) is 18.7 Å². The molecule has 0 aliphatic rings. The number of nitrogens with zero attached hydrogens (tertiary/aromatic N) is 1. The van der Waals surface area contributed by atoms with Gasteiger partial charge in [-0.3, -0.25) is 4.79 Å². The van der Waals surface area contributed by atoms with E-state index in [1.165, 1.54) is 4.90 Å². The number of nitrogens with one attached hydrogen (secondary N) is 1. The van der Waals surface area contributed by atoms with Crippen molar-refractivity contribution in [3.05, 3.63) is 0 Å². The van der Waals surface area contributed by atoms with Crippen LogP contribution >= 0.6 is 0 Å². The van der Waals surface area contributed by atoms with Crippen molar-refractivity contribution in [3.8, 4) is 0 Å². The molecular formula is C14H28N2O4. The first kappa shape index (κ1) is 18.7. The van der Waals surface area contributed by atoms with Crippen LogP contribution in [0.4, 0.5) is 4.79 Å². The highest BCUT2D eigenvalue weighted by molar-refractivity contribution is 5.78. The molecule has 0 saturated carbocycles. The van der Waals surface area contributed by atoms with Gasteiger partial charge in [0, 0.05) is 20.1 Å². The largest absolute Gasteiger partial charge is 0.481 e. The standard InChI is InChI=1S/C14H28N2O4/c1-6-14(7-2,12(17)18)10-15-13(19)16(5)8-9-20-11(3)4/h11H,6-10H2,1-5H3,(H,15,19)(H,17,18). The summed E-state index contributed by atoms with van der Waals surface area (Å²) in [6, 6.07) is -0.273. The normalized spacial score (nSPS) is 11.5. The number of carboxylic acids is 1. The first-order valence-corrected chi connectivity index (χ1v) is 7.13. The Morgan fingerprint density at radius 1 is 1.30 bits per heavy atom. The molecule has 20 heavy (non-hydrogen) atoms. The Morgan fingerprint density at radius 3 is 2.25 bits per heavy atom. The van der Waals surface area contributed by atoms with Gasteiger partial charge < -0.3 is 20.1 Å². The van der Waals surface area contributed by atoms with E-state index in [0.29, 0.717) is 26.0 Å². The molecule has 0 aromatic heterocycles. The predicted octanol–water partition coefficient (Wildman–Crippen LogP) is 1.94. The van der Waals surface area contributed by atoms with E-state index in [4.69, 9.17) is 4.74 Å². The molecule has 2 amide bonds. The number of ether oxygens (including phenoxy) is 1. The quantitative estimate of drug-likeness (QED) is 0.679. The maximum atomic E-state index is 11.9. The molecule has 0 saturated heterocycles. The maximum Gasteiger partial charge on any atom is 0.317 e. The molecule has 6 nitrogen and oxygen atoms in total. The SMILES string of the molecule is CCC(CC)(CNC(=O)N(C)CCOC(C)C)C(=O)O. The summed E-state index contributed by atoms with van der Waals surface area (Å²) in [7, 11) is 1.67. The first-order chi connectivity index (χ1) is 9.29. The lowest BCUT2D eigenvalue weighted by Crippen LogP contribution is -2.47. The van der Waals surface area contributed by atoms with Gasteiger partial charge in [0.25, 0.3) is 0 Å². The van der Waals surface area contributed by atoms with Gasteiger partial charge in [0.15, 0.2) is 0 Å². The molecule has 0 heterocycles. The molecule has 0 bridgehead atoms. The van der Waals surface area contributed by atoms with E-state index in [0.717, 1.165) is 0 Å². The van der Waals surface area contributed by atoms with Gasteiger partial charge in [0.05, 0.1) is 18.1 Å². The molecule has 0 radical (unpaired) electrons. The van der Waals surface area contributed by atoms with E-state index in [9.17, 15) is 14.7 Å². The molecule has 0 spiro atoms. The van der Waals surface area contributed by atoms with Crippen LogP contribution in [0, 0.1) is 5.41 Å². The molecular weight excluding hydrogens is 260 g/mol. The summed E-state index contributed by atoms with van der Waals surface area (Å²) >= 11 is 0. The minimum absolute atomic E-state index is 0.131. The Labute approximate surface area is 121 Å². The van der Waals surface area contributed by atoms with Crippen molar-refractivity contribution in [1.29, 1.82) is 0 Å². The number of hydrogen-bond donors (Lipinski definition) is 2.